The van der Waals surface area contributed by atoms with E-state index in [4.69, 9.17) is 0 Å². The van der Waals surface area contributed by atoms with Crippen LogP contribution in [0.2, 0.25) is 0 Å². The van der Waals surface area contributed by atoms with E-state index in [1.54, 1.807) is 11.1 Å². The summed E-state index contributed by atoms with van der Waals surface area (Å²) in [5, 5.41) is 0. The average Bonchev–Trinajstić information content (AvgIpc) is 2.72. The smallest absolute Gasteiger partial charge is 0.0175 e. The lowest BCUT2D eigenvalue weighted by Gasteiger charge is -2.75. The Morgan fingerprint density at radius 1 is 0.464 bits per heavy atom. The molecule has 0 nitrogen and oxygen atoms in total. The first-order valence-electron chi connectivity index (χ1n) is 11.1. The third kappa shape index (κ3) is 2.07. The van der Waals surface area contributed by atoms with Gasteiger partial charge in [-0.3, -0.25) is 0 Å². The summed E-state index contributed by atoms with van der Waals surface area (Å²) in [6.45, 7) is 0. The molecule has 28 heavy (non-hydrogen) atoms. The molecule has 0 unspecified atom stereocenters. The highest BCUT2D eigenvalue weighted by atomic mass is 79.9. The Morgan fingerprint density at radius 2 is 0.714 bits per heavy atom. The van der Waals surface area contributed by atoms with Crippen LogP contribution < -0.4 is 0 Å². The minimum Gasteiger partial charge on any atom is -0.0574 e. The van der Waals surface area contributed by atoms with E-state index in [-0.39, 0.29) is 0 Å². The number of halogens is 2. The largest absolute Gasteiger partial charge is 0.0574 e. The molecule has 7 saturated carbocycles. The van der Waals surface area contributed by atoms with Gasteiger partial charge in [-0.15, -0.1) is 0 Å². The molecule has 7 aliphatic carbocycles. The Balaban J connectivity index is 1.28. The number of benzene rings is 2. The molecule has 7 fully saturated rings. The maximum atomic E-state index is 3.64. The van der Waals surface area contributed by atoms with Crippen molar-refractivity contribution in [2.24, 2.45) is 35.5 Å². The highest BCUT2D eigenvalue weighted by Gasteiger charge is 2.70. The zero-order chi connectivity index (χ0) is 18.7. The van der Waals surface area contributed by atoms with Crippen molar-refractivity contribution in [2.45, 2.75) is 49.4 Å². The van der Waals surface area contributed by atoms with Crippen LogP contribution in [0.3, 0.4) is 0 Å². The molecule has 0 aromatic heterocycles. The molecule has 0 spiro atoms. The van der Waals surface area contributed by atoms with Crippen LogP contribution in [0.5, 0.6) is 0 Å². The van der Waals surface area contributed by atoms with Crippen LogP contribution in [0.4, 0.5) is 0 Å². The standard InChI is InChI=1S/C26H26Br2/c27-17-5-1-15(2-6-17)25-9-19-22-12-26(16-3-7-18(28)8-4-16)13-23(19)21(11-25)24(14-26)20(22)10-25/h1-8,19-24H,9-14H2. The fourth-order valence-electron chi connectivity index (χ4n) is 9.24. The Morgan fingerprint density at radius 3 is 0.964 bits per heavy atom. The monoisotopic (exact) mass is 496 g/mol. The van der Waals surface area contributed by atoms with Gasteiger partial charge in [0, 0.05) is 8.95 Å². The topological polar surface area (TPSA) is 0 Å². The van der Waals surface area contributed by atoms with E-state index in [2.05, 4.69) is 80.4 Å². The summed E-state index contributed by atoms with van der Waals surface area (Å²) in [6.07, 6.45) is 8.83. The summed E-state index contributed by atoms with van der Waals surface area (Å²) in [5.74, 6) is 6.01. The van der Waals surface area contributed by atoms with E-state index in [9.17, 15) is 0 Å². The summed E-state index contributed by atoms with van der Waals surface area (Å²) in [6, 6.07) is 18.8. The van der Waals surface area contributed by atoms with Crippen molar-refractivity contribution in [3.8, 4) is 0 Å². The van der Waals surface area contributed by atoms with Crippen molar-refractivity contribution in [1.82, 2.24) is 0 Å². The van der Waals surface area contributed by atoms with Crippen LogP contribution >= 0.6 is 31.9 Å². The lowest BCUT2D eigenvalue weighted by atomic mass is 9.29. The van der Waals surface area contributed by atoms with Gasteiger partial charge in [-0.05, 0) is 120 Å². The third-order valence-corrected chi connectivity index (χ3v) is 11.0. The van der Waals surface area contributed by atoms with Crippen LogP contribution in [0.1, 0.15) is 49.7 Å². The predicted octanol–water partition coefficient (Wildman–Crippen LogP) is 7.49. The lowest BCUT2D eigenvalue weighted by Crippen LogP contribution is -2.69. The molecule has 0 heterocycles. The second-order valence-electron chi connectivity index (χ2n) is 10.8. The molecule has 0 amide bonds. The van der Waals surface area contributed by atoms with E-state index in [0.717, 1.165) is 35.5 Å². The first kappa shape index (κ1) is 17.1. The van der Waals surface area contributed by atoms with E-state index < -0.39 is 0 Å². The van der Waals surface area contributed by atoms with Crippen molar-refractivity contribution >= 4 is 31.9 Å². The molecule has 0 atom stereocenters. The summed E-state index contributed by atoms with van der Waals surface area (Å²) in [5.41, 5.74) is 4.29. The second-order valence-corrected chi connectivity index (χ2v) is 12.6. The van der Waals surface area contributed by atoms with Gasteiger partial charge in [-0.2, -0.15) is 0 Å². The van der Waals surface area contributed by atoms with Gasteiger partial charge in [0.1, 0.15) is 0 Å². The van der Waals surface area contributed by atoms with Gasteiger partial charge >= 0.3 is 0 Å². The van der Waals surface area contributed by atoms with E-state index in [1.165, 1.54) is 47.5 Å². The molecular weight excluding hydrogens is 472 g/mol. The second kappa shape index (κ2) is 5.55. The van der Waals surface area contributed by atoms with Crippen LogP contribution in [0, 0.1) is 35.5 Å². The molecule has 8 bridgehead atoms. The summed E-state index contributed by atoms with van der Waals surface area (Å²) in [4.78, 5) is 0. The number of hydrogen-bond donors (Lipinski definition) is 0. The summed E-state index contributed by atoms with van der Waals surface area (Å²) < 4.78 is 2.44. The Hall–Kier alpha value is -0.600. The molecule has 0 saturated heterocycles. The fourth-order valence-corrected chi connectivity index (χ4v) is 9.77. The average molecular weight is 498 g/mol. The third-order valence-electron chi connectivity index (χ3n) is 9.97. The zero-order valence-corrected chi connectivity index (χ0v) is 19.3. The van der Waals surface area contributed by atoms with Gasteiger partial charge in [-0.1, -0.05) is 56.1 Å². The van der Waals surface area contributed by atoms with Gasteiger partial charge < -0.3 is 0 Å². The van der Waals surface area contributed by atoms with Crippen molar-refractivity contribution in [3.63, 3.8) is 0 Å². The Labute approximate surface area is 184 Å². The highest BCUT2D eigenvalue weighted by Crippen LogP contribution is 2.77. The predicted molar refractivity (Wildman–Crippen MR) is 120 cm³/mol. The van der Waals surface area contributed by atoms with E-state index in [1.807, 2.05) is 0 Å². The Bertz CT molecular complexity index is 799. The van der Waals surface area contributed by atoms with Crippen molar-refractivity contribution in [1.29, 1.82) is 0 Å². The first-order chi connectivity index (χ1) is 13.6. The molecule has 0 aliphatic heterocycles. The SMILES string of the molecule is Brc1ccc(C23CC4C5CC6(c7ccc(Br)cc7)CC4C(C2)C(C6)C5C3)cc1. The normalized spacial score (nSPS) is 47.1. The molecule has 0 radical (unpaired) electrons. The first-order valence-corrected chi connectivity index (χ1v) is 12.7. The zero-order valence-electron chi connectivity index (χ0n) is 16.1. The summed E-state index contributed by atoms with van der Waals surface area (Å²) >= 11 is 7.28. The molecule has 0 N–H and O–H groups in total. The molecular formula is C26H26Br2. The van der Waals surface area contributed by atoms with Crippen LogP contribution in [0.25, 0.3) is 0 Å². The van der Waals surface area contributed by atoms with Crippen LogP contribution in [0.15, 0.2) is 57.5 Å². The number of rotatable bonds is 2. The molecule has 2 aromatic rings. The molecule has 2 aromatic carbocycles. The van der Waals surface area contributed by atoms with E-state index in [0.29, 0.717) is 10.8 Å². The van der Waals surface area contributed by atoms with Crippen LogP contribution in [-0.4, -0.2) is 0 Å². The van der Waals surface area contributed by atoms with Crippen LogP contribution in [-0.2, 0) is 10.8 Å². The summed E-state index contributed by atoms with van der Waals surface area (Å²) in [7, 11) is 0. The molecule has 144 valence electrons. The highest BCUT2D eigenvalue weighted by molar-refractivity contribution is 9.10. The van der Waals surface area contributed by atoms with Gasteiger partial charge in [-0.25, -0.2) is 0 Å². The molecule has 9 rings (SSSR count). The van der Waals surface area contributed by atoms with Crippen molar-refractivity contribution in [3.05, 3.63) is 68.6 Å². The minimum absolute atomic E-state index is 0.499. The van der Waals surface area contributed by atoms with Gasteiger partial charge in [0.25, 0.3) is 0 Å². The number of hydrogen-bond acceptors (Lipinski definition) is 0. The quantitative estimate of drug-likeness (QED) is 0.403. The minimum atomic E-state index is 0.499. The van der Waals surface area contributed by atoms with Crippen molar-refractivity contribution in [2.75, 3.05) is 0 Å². The molecule has 2 heteroatoms. The van der Waals surface area contributed by atoms with Crippen molar-refractivity contribution < 1.29 is 0 Å². The van der Waals surface area contributed by atoms with Gasteiger partial charge in [0.15, 0.2) is 0 Å². The van der Waals surface area contributed by atoms with Gasteiger partial charge in [0.05, 0.1) is 0 Å². The van der Waals surface area contributed by atoms with Gasteiger partial charge in [0.2, 0.25) is 0 Å². The molecule has 7 aliphatic rings. The maximum Gasteiger partial charge on any atom is 0.0175 e. The lowest BCUT2D eigenvalue weighted by molar-refractivity contribution is -0.221. The maximum absolute atomic E-state index is 3.64. The fraction of sp³-hybridized carbons (Fsp3) is 0.538. The van der Waals surface area contributed by atoms with E-state index >= 15 is 0 Å². The Kier molecular flexibility index (Phi) is 3.39.